The van der Waals surface area contributed by atoms with Gasteiger partial charge in [0.05, 0.1) is 0 Å². The van der Waals surface area contributed by atoms with Gasteiger partial charge in [-0.1, -0.05) is 30.3 Å². The van der Waals surface area contributed by atoms with Crippen molar-refractivity contribution in [1.82, 2.24) is 4.90 Å². The smallest absolute Gasteiger partial charge is 0.260 e. The Labute approximate surface area is 182 Å². The van der Waals surface area contributed by atoms with Crippen molar-refractivity contribution in [2.75, 3.05) is 37.7 Å². The summed E-state index contributed by atoms with van der Waals surface area (Å²) >= 11 is 0. The molecule has 6 heteroatoms. The summed E-state index contributed by atoms with van der Waals surface area (Å²) in [6.45, 7) is 3.33. The number of carbonyl (C=O) groups is 1. The summed E-state index contributed by atoms with van der Waals surface area (Å²) in [5.74, 6) is 1.64. The standard InChI is InChI=1S/C25H26N2O4/c28-22-8-6-21(7-9-22)26-14-16-27(17-15-26)25(29)19-31-24-12-10-23(11-13-24)30-18-20-4-2-1-3-5-20/h1-13,28H,14-19H2. The Hall–Kier alpha value is -3.67. The van der Waals surface area contributed by atoms with Crippen LogP contribution in [0.1, 0.15) is 5.56 Å². The topological polar surface area (TPSA) is 62.2 Å². The molecule has 0 radical (unpaired) electrons. The van der Waals surface area contributed by atoms with Crippen LogP contribution in [0.3, 0.4) is 0 Å². The SMILES string of the molecule is O=C(COc1ccc(OCc2ccccc2)cc1)N1CCN(c2ccc(O)cc2)CC1. The fraction of sp³-hybridized carbons (Fsp3) is 0.240. The molecule has 0 aliphatic carbocycles. The molecule has 0 unspecified atom stereocenters. The van der Waals surface area contributed by atoms with Crippen molar-refractivity contribution < 1.29 is 19.4 Å². The Morgan fingerprint density at radius 3 is 2.03 bits per heavy atom. The molecule has 0 spiro atoms. The molecule has 1 heterocycles. The number of carbonyl (C=O) groups excluding carboxylic acids is 1. The van der Waals surface area contributed by atoms with E-state index in [9.17, 15) is 9.90 Å². The van der Waals surface area contributed by atoms with Crippen molar-refractivity contribution in [3.05, 3.63) is 84.4 Å². The second-order valence-corrected chi connectivity index (χ2v) is 7.42. The molecule has 160 valence electrons. The van der Waals surface area contributed by atoms with Crippen LogP contribution in [0.15, 0.2) is 78.9 Å². The average Bonchev–Trinajstić information content (AvgIpc) is 2.83. The highest BCUT2D eigenvalue weighted by atomic mass is 16.5. The number of anilines is 1. The number of hydrogen-bond acceptors (Lipinski definition) is 5. The van der Waals surface area contributed by atoms with Crippen LogP contribution in [0.5, 0.6) is 17.2 Å². The lowest BCUT2D eigenvalue weighted by atomic mass is 10.2. The third-order valence-electron chi connectivity index (χ3n) is 5.28. The van der Waals surface area contributed by atoms with Gasteiger partial charge < -0.3 is 24.4 Å². The van der Waals surface area contributed by atoms with Gasteiger partial charge in [-0.2, -0.15) is 0 Å². The molecule has 6 nitrogen and oxygen atoms in total. The van der Waals surface area contributed by atoms with Crippen LogP contribution in [-0.4, -0.2) is 48.7 Å². The molecule has 1 aliphatic heterocycles. The van der Waals surface area contributed by atoms with Crippen LogP contribution in [0.25, 0.3) is 0 Å². The van der Waals surface area contributed by atoms with Gasteiger partial charge in [0.1, 0.15) is 23.9 Å². The maximum absolute atomic E-state index is 12.5. The van der Waals surface area contributed by atoms with E-state index in [4.69, 9.17) is 9.47 Å². The maximum atomic E-state index is 12.5. The van der Waals surface area contributed by atoms with Crippen LogP contribution in [0.4, 0.5) is 5.69 Å². The lowest BCUT2D eigenvalue weighted by Crippen LogP contribution is -2.50. The number of ether oxygens (including phenoxy) is 2. The van der Waals surface area contributed by atoms with Crippen molar-refractivity contribution in [2.45, 2.75) is 6.61 Å². The van der Waals surface area contributed by atoms with E-state index in [1.54, 1.807) is 12.1 Å². The van der Waals surface area contributed by atoms with E-state index in [1.165, 1.54) is 0 Å². The highest BCUT2D eigenvalue weighted by Gasteiger charge is 2.21. The summed E-state index contributed by atoms with van der Waals surface area (Å²) in [5.41, 5.74) is 2.16. The first-order valence-electron chi connectivity index (χ1n) is 10.4. The first kappa shape index (κ1) is 20.6. The lowest BCUT2D eigenvalue weighted by Gasteiger charge is -2.36. The number of aromatic hydroxyl groups is 1. The molecular formula is C25H26N2O4. The second-order valence-electron chi connectivity index (χ2n) is 7.42. The molecular weight excluding hydrogens is 392 g/mol. The minimum absolute atomic E-state index is 0.0173. The first-order chi connectivity index (χ1) is 15.2. The number of phenolic OH excluding ortho intramolecular Hbond substituents is 1. The summed E-state index contributed by atoms with van der Waals surface area (Å²) in [6, 6.07) is 24.5. The minimum Gasteiger partial charge on any atom is -0.508 e. The monoisotopic (exact) mass is 418 g/mol. The minimum atomic E-state index is -0.0187. The van der Waals surface area contributed by atoms with E-state index in [0.29, 0.717) is 25.4 Å². The summed E-state index contributed by atoms with van der Waals surface area (Å²) in [4.78, 5) is 16.5. The van der Waals surface area contributed by atoms with Gasteiger partial charge in [-0.15, -0.1) is 0 Å². The molecule has 1 aliphatic rings. The molecule has 4 rings (SSSR count). The average molecular weight is 418 g/mol. The van der Waals surface area contributed by atoms with E-state index in [0.717, 1.165) is 30.1 Å². The Balaban J connectivity index is 1.20. The Morgan fingerprint density at radius 2 is 1.39 bits per heavy atom. The van der Waals surface area contributed by atoms with E-state index in [1.807, 2.05) is 71.6 Å². The molecule has 31 heavy (non-hydrogen) atoms. The Bertz CT molecular complexity index is 967. The molecule has 1 N–H and O–H groups in total. The third-order valence-corrected chi connectivity index (χ3v) is 5.28. The Morgan fingerprint density at radius 1 is 0.774 bits per heavy atom. The summed E-state index contributed by atoms with van der Waals surface area (Å²) < 4.78 is 11.4. The molecule has 1 amide bonds. The zero-order chi connectivity index (χ0) is 21.5. The quantitative estimate of drug-likeness (QED) is 0.634. The van der Waals surface area contributed by atoms with Gasteiger partial charge in [-0.3, -0.25) is 4.79 Å². The molecule has 0 saturated carbocycles. The summed E-state index contributed by atoms with van der Waals surface area (Å²) in [6.07, 6.45) is 0. The number of phenols is 1. The van der Waals surface area contributed by atoms with Gasteiger partial charge in [-0.05, 0) is 54.1 Å². The van der Waals surface area contributed by atoms with Gasteiger partial charge in [0.25, 0.3) is 5.91 Å². The predicted octanol–water partition coefficient (Wildman–Crippen LogP) is 3.70. The second kappa shape index (κ2) is 9.89. The van der Waals surface area contributed by atoms with Crippen LogP contribution in [0, 0.1) is 0 Å². The van der Waals surface area contributed by atoms with E-state index in [-0.39, 0.29) is 18.3 Å². The molecule has 0 bridgehead atoms. The number of hydrogen-bond donors (Lipinski definition) is 1. The first-order valence-corrected chi connectivity index (χ1v) is 10.4. The number of piperazine rings is 1. The zero-order valence-electron chi connectivity index (χ0n) is 17.3. The summed E-state index contributed by atoms with van der Waals surface area (Å²) in [5, 5.41) is 9.42. The third kappa shape index (κ3) is 5.69. The predicted molar refractivity (Wildman–Crippen MR) is 120 cm³/mol. The zero-order valence-corrected chi connectivity index (χ0v) is 17.3. The van der Waals surface area contributed by atoms with Crippen LogP contribution in [0.2, 0.25) is 0 Å². The van der Waals surface area contributed by atoms with E-state index in [2.05, 4.69) is 4.90 Å². The Kier molecular flexibility index (Phi) is 6.57. The van der Waals surface area contributed by atoms with Crippen molar-refractivity contribution in [3.63, 3.8) is 0 Å². The lowest BCUT2D eigenvalue weighted by molar-refractivity contribution is -0.133. The molecule has 0 aromatic heterocycles. The maximum Gasteiger partial charge on any atom is 0.260 e. The van der Waals surface area contributed by atoms with Crippen molar-refractivity contribution in [3.8, 4) is 17.2 Å². The summed E-state index contributed by atoms with van der Waals surface area (Å²) in [7, 11) is 0. The number of benzene rings is 3. The van der Waals surface area contributed by atoms with Gasteiger partial charge in [0.2, 0.25) is 0 Å². The van der Waals surface area contributed by atoms with Gasteiger partial charge in [-0.25, -0.2) is 0 Å². The number of rotatable bonds is 7. The normalized spacial score (nSPS) is 13.7. The van der Waals surface area contributed by atoms with Gasteiger partial charge in [0.15, 0.2) is 6.61 Å². The molecule has 1 fully saturated rings. The van der Waals surface area contributed by atoms with E-state index < -0.39 is 0 Å². The molecule has 3 aromatic carbocycles. The number of nitrogens with zero attached hydrogens (tertiary/aromatic N) is 2. The highest BCUT2D eigenvalue weighted by Crippen LogP contribution is 2.21. The number of amides is 1. The highest BCUT2D eigenvalue weighted by molar-refractivity contribution is 5.78. The fourth-order valence-corrected chi connectivity index (χ4v) is 3.49. The molecule has 3 aromatic rings. The van der Waals surface area contributed by atoms with Gasteiger partial charge >= 0.3 is 0 Å². The van der Waals surface area contributed by atoms with E-state index >= 15 is 0 Å². The van der Waals surface area contributed by atoms with Crippen LogP contribution in [-0.2, 0) is 11.4 Å². The molecule has 0 atom stereocenters. The fourth-order valence-electron chi connectivity index (χ4n) is 3.49. The van der Waals surface area contributed by atoms with Crippen LogP contribution >= 0.6 is 0 Å². The largest absolute Gasteiger partial charge is 0.508 e. The van der Waals surface area contributed by atoms with Gasteiger partial charge in [0, 0.05) is 31.9 Å². The van der Waals surface area contributed by atoms with Crippen molar-refractivity contribution in [2.24, 2.45) is 0 Å². The van der Waals surface area contributed by atoms with Crippen molar-refractivity contribution in [1.29, 1.82) is 0 Å². The van der Waals surface area contributed by atoms with Crippen molar-refractivity contribution >= 4 is 11.6 Å². The molecule has 1 saturated heterocycles. The van der Waals surface area contributed by atoms with Crippen LogP contribution < -0.4 is 14.4 Å².